The fourth-order valence-corrected chi connectivity index (χ4v) is 4.00. The van der Waals surface area contributed by atoms with E-state index in [1.165, 1.54) is 0 Å². The molecule has 2 aromatic rings. The van der Waals surface area contributed by atoms with Gasteiger partial charge in [-0.25, -0.2) is 15.0 Å². The maximum absolute atomic E-state index is 5.63. The van der Waals surface area contributed by atoms with Crippen LogP contribution < -0.4 is 15.5 Å². The third kappa shape index (κ3) is 7.35. The van der Waals surface area contributed by atoms with Crippen molar-refractivity contribution in [3.63, 3.8) is 0 Å². The van der Waals surface area contributed by atoms with Crippen LogP contribution in [0.2, 0.25) is 0 Å². The van der Waals surface area contributed by atoms with Crippen molar-refractivity contribution >= 4 is 47.1 Å². The number of hydrogen-bond acceptors (Lipinski definition) is 6. The number of halogens is 1. The first-order chi connectivity index (χ1) is 14.0. The van der Waals surface area contributed by atoms with E-state index in [2.05, 4.69) is 64.6 Å². The van der Waals surface area contributed by atoms with Crippen LogP contribution in [0.1, 0.15) is 49.9 Å². The van der Waals surface area contributed by atoms with Gasteiger partial charge in [0.15, 0.2) is 5.96 Å². The van der Waals surface area contributed by atoms with E-state index in [1.807, 2.05) is 12.3 Å². The Balaban J connectivity index is 0.00000320. The Bertz CT molecular complexity index is 812. The van der Waals surface area contributed by atoms with Crippen molar-refractivity contribution < 1.29 is 4.74 Å². The number of thiazole rings is 1. The average molecular weight is 545 g/mol. The Morgan fingerprint density at radius 3 is 2.93 bits per heavy atom. The van der Waals surface area contributed by atoms with E-state index in [0.717, 1.165) is 54.3 Å². The van der Waals surface area contributed by atoms with Gasteiger partial charge in [0.1, 0.15) is 10.8 Å². The number of anilines is 1. The number of hydrogen-bond donors (Lipinski definition) is 2. The summed E-state index contributed by atoms with van der Waals surface area (Å²) >= 11 is 1.69. The third-order valence-corrected chi connectivity index (χ3v) is 5.57. The Morgan fingerprint density at radius 1 is 1.40 bits per heavy atom. The number of guanidine groups is 1. The summed E-state index contributed by atoms with van der Waals surface area (Å²) in [5.74, 6) is 2.25. The number of rotatable bonds is 7. The van der Waals surface area contributed by atoms with E-state index < -0.39 is 0 Å². The van der Waals surface area contributed by atoms with Gasteiger partial charge < -0.3 is 20.3 Å². The predicted molar refractivity (Wildman–Crippen MR) is 135 cm³/mol. The molecule has 1 atom stereocenters. The fourth-order valence-electron chi connectivity index (χ4n) is 3.10. The molecule has 30 heavy (non-hydrogen) atoms. The quantitative estimate of drug-likeness (QED) is 0.314. The zero-order valence-electron chi connectivity index (χ0n) is 18.2. The minimum Gasteiger partial charge on any atom is -0.375 e. The van der Waals surface area contributed by atoms with Crippen molar-refractivity contribution in [2.45, 2.75) is 52.8 Å². The number of nitrogens with zero attached hydrogens (tertiary/aromatic N) is 4. The van der Waals surface area contributed by atoms with Crippen LogP contribution in [0.15, 0.2) is 28.7 Å². The number of aromatic nitrogens is 2. The summed E-state index contributed by atoms with van der Waals surface area (Å²) in [6, 6.07) is 4.15. The molecule has 0 saturated carbocycles. The molecule has 3 heterocycles. The largest absolute Gasteiger partial charge is 0.375 e. The molecule has 7 nitrogen and oxygen atoms in total. The van der Waals surface area contributed by atoms with Gasteiger partial charge >= 0.3 is 0 Å². The molecule has 1 aliphatic heterocycles. The van der Waals surface area contributed by atoms with Crippen LogP contribution in [0, 0.1) is 0 Å². The highest BCUT2D eigenvalue weighted by Gasteiger charge is 2.18. The number of ether oxygens (including phenoxy) is 1. The molecule has 1 aliphatic rings. The van der Waals surface area contributed by atoms with E-state index >= 15 is 0 Å². The second-order valence-corrected chi connectivity index (χ2v) is 8.46. The average Bonchev–Trinajstić information content (AvgIpc) is 3.20. The summed E-state index contributed by atoms with van der Waals surface area (Å²) in [6.45, 7) is 13.1. The molecule has 9 heteroatoms. The van der Waals surface area contributed by atoms with Gasteiger partial charge in [0.2, 0.25) is 0 Å². The lowest BCUT2D eigenvalue weighted by molar-refractivity contribution is 0.0529. The topological polar surface area (TPSA) is 74.7 Å². The van der Waals surface area contributed by atoms with Gasteiger partial charge in [-0.1, -0.05) is 13.8 Å². The first-order valence-electron chi connectivity index (χ1n) is 10.3. The molecule has 0 radical (unpaired) electrons. The highest BCUT2D eigenvalue weighted by Crippen LogP contribution is 2.18. The number of nitrogens with one attached hydrogen (secondary N) is 2. The molecule has 2 aromatic heterocycles. The fraction of sp³-hybridized carbons (Fsp3) is 0.571. The summed E-state index contributed by atoms with van der Waals surface area (Å²) in [7, 11) is 0. The number of morpholine rings is 1. The maximum Gasteiger partial charge on any atom is 0.191 e. The molecule has 1 fully saturated rings. The molecule has 1 saturated heterocycles. The monoisotopic (exact) mass is 544 g/mol. The molecule has 166 valence electrons. The van der Waals surface area contributed by atoms with E-state index in [0.29, 0.717) is 19.0 Å². The first kappa shape index (κ1) is 24.8. The van der Waals surface area contributed by atoms with Crippen LogP contribution in [0.3, 0.4) is 0 Å². The zero-order chi connectivity index (χ0) is 20.6. The standard InChI is InChI=1S/C21H32N6OS.HI/c1-5-22-21(25-12-20-26-18(14-29-20)15(2)3)24-11-17-6-7-23-19(10-17)27-8-9-28-16(4)13-27;/h6-7,10,14-16H,5,8-9,11-13H2,1-4H3,(H2,22,24,25);1H. The van der Waals surface area contributed by atoms with Gasteiger partial charge in [-0.2, -0.15) is 0 Å². The number of aliphatic imine (C=N–C) groups is 1. The lowest BCUT2D eigenvalue weighted by atomic mass is 10.2. The van der Waals surface area contributed by atoms with Gasteiger partial charge in [-0.05, 0) is 37.5 Å². The smallest absolute Gasteiger partial charge is 0.191 e. The van der Waals surface area contributed by atoms with Crippen LogP contribution in [0.5, 0.6) is 0 Å². The molecule has 0 aliphatic carbocycles. The van der Waals surface area contributed by atoms with Crippen molar-refractivity contribution in [2.75, 3.05) is 31.1 Å². The molecule has 0 aromatic carbocycles. The SMILES string of the molecule is CCNC(=NCc1ccnc(N2CCOC(C)C2)c1)NCc1nc(C(C)C)cs1.I. The molecule has 3 rings (SSSR count). The van der Waals surface area contributed by atoms with Crippen molar-refractivity contribution in [1.29, 1.82) is 0 Å². The molecule has 2 N–H and O–H groups in total. The van der Waals surface area contributed by atoms with Gasteiger partial charge in [-0.15, -0.1) is 35.3 Å². The lowest BCUT2D eigenvalue weighted by Crippen LogP contribution is -2.41. The second kappa shape index (κ2) is 12.4. The lowest BCUT2D eigenvalue weighted by Gasteiger charge is -2.32. The minimum absolute atomic E-state index is 0. The van der Waals surface area contributed by atoms with Gasteiger partial charge in [0, 0.05) is 31.2 Å². The second-order valence-electron chi connectivity index (χ2n) is 7.52. The van der Waals surface area contributed by atoms with E-state index in [-0.39, 0.29) is 30.1 Å². The summed E-state index contributed by atoms with van der Waals surface area (Å²) in [6.07, 6.45) is 2.10. The predicted octanol–water partition coefficient (Wildman–Crippen LogP) is 3.76. The van der Waals surface area contributed by atoms with Crippen LogP contribution in [0.4, 0.5) is 5.82 Å². The molecular weight excluding hydrogens is 511 g/mol. The Hall–Kier alpha value is -1.46. The molecular formula is C21H33IN6OS. The number of pyridine rings is 1. The first-order valence-corrected chi connectivity index (χ1v) is 11.2. The van der Waals surface area contributed by atoms with Gasteiger partial charge in [0.05, 0.1) is 31.5 Å². The van der Waals surface area contributed by atoms with Gasteiger partial charge in [-0.3, -0.25) is 0 Å². The Kier molecular flexibility index (Phi) is 10.3. The van der Waals surface area contributed by atoms with Crippen molar-refractivity contribution in [1.82, 2.24) is 20.6 Å². The summed E-state index contributed by atoms with van der Waals surface area (Å²) in [5.41, 5.74) is 2.29. The van der Waals surface area contributed by atoms with Crippen LogP contribution in [-0.2, 0) is 17.8 Å². The van der Waals surface area contributed by atoms with Crippen molar-refractivity contribution in [3.05, 3.63) is 40.0 Å². The minimum atomic E-state index is 0. The summed E-state index contributed by atoms with van der Waals surface area (Å²) < 4.78 is 5.63. The molecule has 0 bridgehead atoms. The molecule has 1 unspecified atom stereocenters. The van der Waals surface area contributed by atoms with Crippen LogP contribution >= 0.6 is 35.3 Å². The van der Waals surface area contributed by atoms with E-state index in [1.54, 1.807) is 11.3 Å². The normalized spacial score (nSPS) is 17.0. The maximum atomic E-state index is 5.63. The highest BCUT2D eigenvalue weighted by molar-refractivity contribution is 14.0. The van der Waals surface area contributed by atoms with E-state index in [4.69, 9.17) is 9.73 Å². The Morgan fingerprint density at radius 2 is 2.23 bits per heavy atom. The van der Waals surface area contributed by atoms with Crippen molar-refractivity contribution in [2.24, 2.45) is 4.99 Å². The summed E-state index contributed by atoms with van der Waals surface area (Å²) in [5, 5.41) is 9.91. The van der Waals surface area contributed by atoms with E-state index in [9.17, 15) is 0 Å². The molecule has 0 amide bonds. The molecule has 0 spiro atoms. The Labute approximate surface area is 200 Å². The highest BCUT2D eigenvalue weighted by atomic mass is 127. The third-order valence-electron chi connectivity index (χ3n) is 4.71. The van der Waals surface area contributed by atoms with Crippen molar-refractivity contribution in [3.8, 4) is 0 Å². The summed E-state index contributed by atoms with van der Waals surface area (Å²) in [4.78, 5) is 16.2. The van der Waals surface area contributed by atoms with Crippen LogP contribution in [0.25, 0.3) is 0 Å². The van der Waals surface area contributed by atoms with Crippen LogP contribution in [-0.4, -0.2) is 48.3 Å². The van der Waals surface area contributed by atoms with Gasteiger partial charge in [0.25, 0.3) is 0 Å². The zero-order valence-corrected chi connectivity index (χ0v) is 21.4.